The first-order valence-electron chi connectivity index (χ1n) is 8.04. The molecule has 0 aromatic rings. The van der Waals surface area contributed by atoms with Crippen molar-refractivity contribution in [3.8, 4) is 0 Å². The lowest BCUT2D eigenvalue weighted by molar-refractivity contribution is -0.133. The van der Waals surface area contributed by atoms with Crippen molar-refractivity contribution in [1.29, 1.82) is 0 Å². The minimum Gasteiger partial charge on any atom is -0.337 e. The van der Waals surface area contributed by atoms with E-state index in [0.717, 1.165) is 32.5 Å². The fourth-order valence-electron chi connectivity index (χ4n) is 4.14. The largest absolute Gasteiger partial charge is 0.337 e. The van der Waals surface area contributed by atoms with Gasteiger partial charge in [-0.1, -0.05) is 12.8 Å². The maximum atomic E-state index is 12.1. The molecule has 1 amide bonds. The Hall–Kier alpha value is -0.610. The van der Waals surface area contributed by atoms with Crippen LogP contribution in [0.5, 0.6) is 0 Å². The summed E-state index contributed by atoms with van der Waals surface area (Å²) < 4.78 is 0. The Bertz CT molecular complexity index is 319. The fourth-order valence-corrected chi connectivity index (χ4v) is 4.14. The van der Waals surface area contributed by atoms with Crippen LogP contribution in [0.2, 0.25) is 0 Å². The summed E-state index contributed by atoms with van der Waals surface area (Å²) >= 11 is 0. The summed E-state index contributed by atoms with van der Waals surface area (Å²) in [6, 6.07) is 0. The zero-order valence-corrected chi connectivity index (χ0v) is 12.0. The average Bonchev–Trinajstić information content (AvgIpc) is 3.07. The van der Waals surface area contributed by atoms with Gasteiger partial charge in [0.2, 0.25) is 5.91 Å². The maximum absolute atomic E-state index is 12.1. The van der Waals surface area contributed by atoms with Crippen molar-refractivity contribution in [2.45, 2.75) is 50.5 Å². The van der Waals surface area contributed by atoms with Crippen LogP contribution in [0, 0.1) is 0 Å². The molecule has 0 spiro atoms. The van der Waals surface area contributed by atoms with Crippen molar-refractivity contribution in [1.82, 2.24) is 15.1 Å². The average molecular weight is 265 g/mol. The standard InChI is InChI=1S/C15H27N3O/c19-14-4-3-10-18(14)15(5-1-2-6-15)7-11-17-12-8-16-9-13-17/h16H,1-13H2. The van der Waals surface area contributed by atoms with Gasteiger partial charge in [-0.3, -0.25) is 4.79 Å². The molecule has 0 aromatic heterocycles. The molecular formula is C15H27N3O. The summed E-state index contributed by atoms with van der Waals surface area (Å²) in [7, 11) is 0. The Morgan fingerprint density at radius 1 is 1.05 bits per heavy atom. The quantitative estimate of drug-likeness (QED) is 0.830. The number of carbonyl (C=O) groups excluding carboxylic acids is 1. The molecule has 0 aromatic carbocycles. The molecule has 1 N–H and O–H groups in total. The normalized spacial score (nSPS) is 28.2. The van der Waals surface area contributed by atoms with Gasteiger partial charge in [-0.15, -0.1) is 0 Å². The minimum atomic E-state index is 0.221. The highest BCUT2D eigenvalue weighted by Gasteiger charge is 2.43. The molecule has 3 rings (SSSR count). The zero-order chi connectivity index (χ0) is 13.1. The van der Waals surface area contributed by atoms with E-state index in [1.807, 2.05) is 0 Å². The number of hydrogen-bond donors (Lipinski definition) is 1. The van der Waals surface area contributed by atoms with Crippen LogP contribution in [0.4, 0.5) is 0 Å². The Labute approximate surface area is 116 Å². The van der Waals surface area contributed by atoms with Crippen molar-refractivity contribution in [2.75, 3.05) is 39.3 Å². The number of hydrogen-bond acceptors (Lipinski definition) is 3. The molecule has 2 saturated heterocycles. The predicted molar refractivity (Wildman–Crippen MR) is 76.1 cm³/mol. The van der Waals surface area contributed by atoms with Gasteiger partial charge in [-0.2, -0.15) is 0 Å². The summed E-state index contributed by atoms with van der Waals surface area (Å²) in [5.74, 6) is 0.419. The molecule has 4 nitrogen and oxygen atoms in total. The zero-order valence-electron chi connectivity index (χ0n) is 12.0. The van der Waals surface area contributed by atoms with Gasteiger partial charge in [0.25, 0.3) is 0 Å². The van der Waals surface area contributed by atoms with E-state index in [-0.39, 0.29) is 5.54 Å². The van der Waals surface area contributed by atoms with Crippen LogP contribution in [0.1, 0.15) is 44.9 Å². The van der Waals surface area contributed by atoms with Crippen molar-refractivity contribution in [3.63, 3.8) is 0 Å². The Kier molecular flexibility index (Phi) is 4.08. The van der Waals surface area contributed by atoms with Gasteiger partial charge >= 0.3 is 0 Å². The third kappa shape index (κ3) is 2.79. The third-order valence-electron chi connectivity index (χ3n) is 5.28. The van der Waals surface area contributed by atoms with E-state index >= 15 is 0 Å². The molecule has 3 aliphatic rings. The molecule has 3 fully saturated rings. The number of carbonyl (C=O) groups is 1. The molecule has 1 saturated carbocycles. The van der Waals surface area contributed by atoms with E-state index in [2.05, 4.69) is 15.1 Å². The second kappa shape index (κ2) is 5.80. The topological polar surface area (TPSA) is 35.6 Å². The first kappa shape index (κ1) is 13.4. The molecule has 0 atom stereocenters. The fraction of sp³-hybridized carbons (Fsp3) is 0.933. The number of piperazine rings is 1. The smallest absolute Gasteiger partial charge is 0.223 e. The summed E-state index contributed by atoms with van der Waals surface area (Å²) in [6.07, 6.45) is 8.16. The van der Waals surface area contributed by atoms with Crippen LogP contribution in [-0.2, 0) is 4.79 Å². The predicted octanol–water partition coefficient (Wildman–Crippen LogP) is 1.22. The highest BCUT2D eigenvalue weighted by atomic mass is 16.2. The van der Waals surface area contributed by atoms with Gasteiger partial charge in [0.1, 0.15) is 0 Å². The van der Waals surface area contributed by atoms with Gasteiger partial charge < -0.3 is 15.1 Å². The van der Waals surface area contributed by atoms with Gasteiger partial charge in [-0.05, 0) is 25.7 Å². The van der Waals surface area contributed by atoms with Crippen molar-refractivity contribution in [2.24, 2.45) is 0 Å². The minimum absolute atomic E-state index is 0.221. The monoisotopic (exact) mass is 265 g/mol. The van der Waals surface area contributed by atoms with E-state index in [1.165, 1.54) is 51.7 Å². The number of nitrogens with one attached hydrogen (secondary N) is 1. The highest BCUT2D eigenvalue weighted by molar-refractivity contribution is 5.79. The SMILES string of the molecule is O=C1CCCN1C1(CCN2CCNCC2)CCCC1. The molecule has 108 valence electrons. The molecule has 0 radical (unpaired) electrons. The Balaban J connectivity index is 1.61. The van der Waals surface area contributed by atoms with Gasteiger partial charge in [-0.25, -0.2) is 0 Å². The first-order valence-corrected chi connectivity index (χ1v) is 8.04. The highest BCUT2D eigenvalue weighted by Crippen LogP contribution is 2.40. The van der Waals surface area contributed by atoms with Crippen molar-refractivity contribution >= 4 is 5.91 Å². The van der Waals surface area contributed by atoms with E-state index in [0.29, 0.717) is 5.91 Å². The summed E-state index contributed by atoms with van der Waals surface area (Å²) in [4.78, 5) is 16.9. The van der Waals surface area contributed by atoms with Crippen molar-refractivity contribution in [3.05, 3.63) is 0 Å². The molecule has 4 heteroatoms. The molecule has 0 bridgehead atoms. The van der Waals surface area contributed by atoms with Crippen LogP contribution >= 0.6 is 0 Å². The molecule has 1 aliphatic carbocycles. The molecule has 2 aliphatic heterocycles. The Morgan fingerprint density at radius 3 is 2.42 bits per heavy atom. The van der Waals surface area contributed by atoms with Crippen LogP contribution in [0.25, 0.3) is 0 Å². The van der Waals surface area contributed by atoms with E-state index < -0.39 is 0 Å². The van der Waals surface area contributed by atoms with Crippen LogP contribution in [0.15, 0.2) is 0 Å². The molecule has 19 heavy (non-hydrogen) atoms. The number of likely N-dealkylation sites (tertiary alicyclic amines) is 1. The van der Waals surface area contributed by atoms with Gasteiger partial charge in [0.15, 0.2) is 0 Å². The lowest BCUT2D eigenvalue weighted by Crippen LogP contribution is -2.51. The van der Waals surface area contributed by atoms with Crippen LogP contribution < -0.4 is 5.32 Å². The summed E-state index contributed by atoms with van der Waals surface area (Å²) in [5, 5.41) is 3.41. The first-order chi connectivity index (χ1) is 9.30. The molecule has 0 unspecified atom stereocenters. The number of nitrogens with zero attached hydrogens (tertiary/aromatic N) is 2. The lowest BCUT2D eigenvalue weighted by Gasteiger charge is -2.41. The van der Waals surface area contributed by atoms with E-state index in [4.69, 9.17) is 0 Å². The van der Waals surface area contributed by atoms with Gasteiger partial charge in [0.05, 0.1) is 0 Å². The summed E-state index contributed by atoms with van der Waals surface area (Å²) in [6.45, 7) is 6.77. The second-order valence-corrected chi connectivity index (χ2v) is 6.42. The van der Waals surface area contributed by atoms with E-state index in [1.54, 1.807) is 0 Å². The van der Waals surface area contributed by atoms with Crippen molar-refractivity contribution < 1.29 is 4.79 Å². The lowest BCUT2D eigenvalue weighted by atomic mass is 9.90. The maximum Gasteiger partial charge on any atom is 0.223 e. The van der Waals surface area contributed by atoms with E-state index in [9.17, 15) is 4.79 Å². The number of amides is 1. The second-order valence-electron chi connectivity index (χ2n) is 6.42. The van der Waals surface area contributed by atoms with Gasteiger partial charge in [0, 0.05) is 51.2 Å². The third-order valence-corrected chi connectivity index (χ3v) is 5.28. The summed E-state index contributed by atoms with van der Waals surface area (Å²) in [5.41, 5.74) is 0.221. The number of rotatable bonds is 4. The van der Waals surface area contributed by atoms with Crippen LogP contribution in [-0.4, -0.2) is 60.5 Å². The van der Waals surface area contributed by atoms with Crippen LogP contribution in [0.3, 0.4) is 0 Å². The Morgan fingerprint density at radius 2 is 1.79 bits per heavy atom. The molecule has 2 heterocycles. The molecular weight excluding hydrogens is 238 g/mol.